The Labute approximate surface area is 148 Å². The minimum atomic E-state index is -0.373. The molecular formula is C17H24ClN3O3. The van der Waals surface area contributed by atoms with Gasteiger partial charge >= 0.3 is 0 Å². The summed E-state index contributed by atoms with van der Waals surface area (Å²) in [5.41, 5.74) is 1.25. The predicted molar refractivity (Wildman–Crippen MR) is 94.7 cm³/mol. The first-order valence-electron chi connectivity index (χ1n) is 8.20. The first kappa shape index (κ1) is 18.7. The van der Waals surface area contributed by atoms with Gasteiger partial charge in [-0.3, -0.25) is 9.59 Å². The summed E-state index contributed by atoms with van der Waals surface area (Å²) in [4.78, 5) is 26.6. The van der Waals surface area contributed by atoms with Gasteiger partial charge in [-0.1, -0.05) is 6.07 Å². The molecular weight excluding hydrogens is 330 g/mol. The van der Waals surface area contributed by atoms with Crippen molar-refractivity contribution in [2.24, 2.45) is 0 Å². The van der Waals surface area contributed by atoms with Crippen molar-refractivity contribution in [3.8, 4) is 0 Å². The van der Waals surface area contributed by atoms with Gasteiger partial charge in [-0.15, -0.1) is 12.4 Å². The minimum Gasteiger partial charge on any atom is -0.375 e. The molecule has 7 heteroatoms. The van der Waals surface area contributed by atoms with Crippen LogP contribution in [0.25, 0.3) is 0 Å². The van der Waals surface area contributed by atoms with E-state index in [-0.39, 0.29) is 36.4 Å². The lowest BCUT2D eigenvalue weighted by molar-refractivity contribution is -0.123. The zero-order chi connectivity index (χ0) is 16.2. The van der Waals surface area contributed by atoms with Gasteiger partial charge in [0.05, 0.1) is 12.7 Å². The third kappa shape index (κ3) is 4.26. The van der Waals surface area contributed by atoms with Crippen molar-refractivity contribution in [3.63, 3.8) is 0 Å². The molecule has 2 heterocycles. The topological polar surface area (TPSA) is 70.7 Å². The Kier molecular flexibility index (Phi) is 6.60. The molecule has 1 aromatic rings. The summed E-state index contributed by atoms with van der Waals surface area (Å²) < 4.78 is 5.49. The quantitative estimate of drug-likeness (QED) is 0.867. The van der Waals surface area contributed by atoms with Crippen molar-refractivity contribution < 1.29 is 14.3 Å². The molecule has 1 aromatic carbocycles. The Hall–Kier alpha value is -1.63. The van der Waals surface area contributed by atoms with Crippen LogP contribution in [0.5, 0.6) is 0 Å². The van der Waals surface area contributed by atoms with Crippen molar-refractivity contribution in [2.45, 2.75) is 31.9 Å². The molecule has 6 nitrogen and oxygen atoms in total. The van der Waals surface area contributed by atoms with Crippen LogP contribution < -0.4 is 10.6 Å². The van der Waals surface area contributed by atoms with Crippen LogP contribution in [0.3, 0.4) is 0 Å². The van der Waals surface area contributed by atoms with Gasteiger partial charge in [-0.05, 0) is 38.0 Å². The number of halogens is 1. The van der Waals surface area contributed by atoms with E-state index in [0.29, 0.717) is 24.4 Å². The summed E-state index contributed by atoms with van der Waals surface area (Å²) >= 11 is 0. The number of carbonyl (C=O) groups is 2. The van der Waals surface area contributed by atoms with Gasteiger partial charge < -0.3 is 20.3 Å². The van der Waals surface area contributed by atoms with Gasteiger partial charge in [0, 0.05) is 30.9 Å². The molecule has 0 bridgehead atoms. The predicted octanol–water partition coefficient (Wildman–Crippen LogP) is 1.66. The van der Waals surface area contributed by atoms with E-state index in [0.717, 1.165) is 25.9 Å². The number of amides is 2. The van der Waals surface area contributed by atoms with Crippen LogP contribution in [-0.2, 0) is 9.53 Å². The number of benzene rings is 1. The van der Waals surface area contributed by atoms with Crippen molar-refractivity contribution >= 4 is 29.9 Å². The second-order valence-electron chi connectivity index (χ2n) is 6.08. The maximum Gasteiger partial charge on any atom is 0.253 e. The molecule has 2 aliphatic heterocycles. The standard InChI is InChI=1S/C17H23N3O3.ClH/c1-12-15(18-7-10-23-12)16(21)19-14-6-4-5-13(11-14)17(22)20-8-2-3-9-20;/h4-6,11-12,15,18H,2-3,7-10H2,1H3,(H,19,21);1H/t12-,15+;/m1./s1. The first-order valence-corrected chi connectivity index (χ1v) is 8.20. The van der Waals surface area contributed by atoms with Gasteiger partial charge in [0.1, 0.15) is 6.04 Å². The normalized spacial score (nSPS) is 23.5. The second-order valence-corrected chi connectivity index (χ2v) is 6.08. The molecule has 2 fully saturated rings. The lowest BCUT2D eigenvalue weighted by Gasteiger charge is -2.29. The van der Waals surface area contributed by atoms with Crippen molar-refractivity contribution in [1.29, 1.82) is 0 Å². The number of rotatable bonds is 3. The number of nitrogens with one attached hydrogen (secondary N) is 2. The first-order chi connectivity index (χ1) is 11.1. The average molecular weight is 354 g/mol. The highest BCUT2D eigenvalue weighted by atomic mass is 35.5. The summed E-state index contributed by atoms with van der Waals surface area (Å²) in [6.45, 7) is 4.79. The highest BCUT2D eigenvalue weighted by molar-refractivity contribution is 5.98. The summed E-state index contributed by atoms with van der Waals surface area (Å²) in [6, 6.07) is 6.76. The summed E-state index contributed by atoms with van der Waals surface area (Å²) in [6.07, 6.45) is 1.96. The van der Waals surface area contributed by atoms with E-state index in [2.05, 4.69) is 10.6 Å². The molecule has 2 N–H and O–H groups in total. The van der Waals surface area contributed by atoms with Crippen molar-refractivity contribution in [1.82, 2.24) is 10.2 Å². The van der Waals surface area contributed by atoms with E-state index < -0.39 is 0 Å². The molecule has 0 saturated carbocycles. The molecule has 132 valence electrons. The van der Waals surface area contributed by atoms with Gasteiger partial charge in [0.25, 0.3) is 5.91 Å². The fraction of sp³-hybridized carbons (Fsp3) is 0.529. The molecule has 0 aliphatic carbocycles. The van der Waals surface area contributed by atoms with Gasteiger partial charge in [-0.25, -0.2) is 0 Å². The largest absolute Gasteiger partial charge is 0.375 e. The molecule has 0 unspecified atom stereocenters. The molecule has 2 saturated heterocycles. The van der Waals surface area contributed by atoms with Crippen molar-refractivity contribution in [2.75, 3.05) is 31.6 Å². The highest BCUT2D eigenvalue weighted by Crippen LogP contribution is 2.17. The Morgan fingerprint density at radius 1 is 1.29 bits per heavy atom. The van der Waals surface area contributed by atoms with E-state index in [1.165, 1.54) is 0 Å². The monoisotopic (exact) mass is 353 g/mol. The van der Waals surface area contributed by atoms with Crippen LogP contribution >= 0.6 is 12.4 Å². The third-order valence-corrected chi connectivity index (χ3v) is 4.37. The molecule has 2 amide bonds. The number of ether oxygens (including phenoxy) is 1. The van der Waals surface area contributed by atoms with Gasteiger partial charge in [-0.2, -0.15) is 0 Å². The SMILES string of the molecule is C[C@H]1OCCN[C@@H]1C(=O)Nc1cccc(C(=O)N2CCCC2)c1.Cl. The lowest BCUT2D eigenvalue weighted by atomic mass is 10.1. The van der Waals surface area contributed by atoms with E-state index in [9.17, 15) is 9.59 Å². The van der Waals surface area contributed by atoms with Gasteiger partial charge in [0.15, 0.2) is 0 Å². The Morgan fingerprint density at radius 2 is 2.04 bits per heavy atom. The fourth-order valence-electron chi connectivity index (χ4n) is 3.08. The number of nitrogens with zero attached hydrogens (tertiary/aromatic N) is 1. The van der Waals surface area contributed by atoms with Crippen molar-refractivity contribution in [3.05, 3.63) is 29.8 Å². The third-order valence-electron chi connectivity index (χ3n) is 4.37. The van der Waals surface area contributed by atoms with E-state index >= 15 is 0 Å². The number of anilines is 1. The van der Waals surface area contributed by atoms with E-state index in [1.54, 1.807) is 24.3 Å². The summed E-state index contributed by atoms with van der Waals surface area (Å²) in [5.74, 6) is -0.103. The summed E-state index contributed by atoms with van der Waals surface area (Å²) in [7, 11) is 0. The number of hydrogen-bond acceptors (Lipinski definition) is 4. The zero-order valence-corrected chi connectivity index (χ0v) is 14.6. The molecule has 2 aliphatic rings. The molecule has 24 heavy (non-hydrogen) atoms. The van der Waals surface area contributed by atoms with Crippen LogP contribution in [0.15, 0.2) is 24.3 Å². The number of morpholine rings is 1. The second kappa shape index (κ2) is 8.46. The molecule has 2 atom stereocenters. The summed E-state index contributed by atoms with van der Waals surface area (Å²) in [5, 5.41) is 6.03. The maximum absolute atomic E-state index is 12.4. The van der Waals surface area contributed by atoms with Crippen LogP contribution in [0.1, 0.15) is 30.1 Å². The Balaban J connectivity index is 0.00000208. The average Bonchev–Trinajstić information content (AvgIpc) is 3.09. The lowest BCUT2D eigenvalue weighted by Crippen LogP contribution is -2.53. The van der Waals surface area contributed by atoms with E-state index in [4.69, 9.17) is 4.74 Å². The Morgan fingerprint density at radius 3 is 2.75 bits per heavy atom. The molecule has 0 radical (unpaired) electrons. The molecule has 3 rings (SSSR count). The highest BCUT2D eigenvalue weighted by Gasteiger charge is 2.28. The molecule has 0 aromatic heterocycles. The smallest absolute Gasteiger partial charge is 0.253 e. The van der Waals surface area contributed by atoms with Crippen LogP contribution in [-0.4, -0.2) is 55.1 Å². The van der Waals surface area contributed by atoms with Crippen LogP contribution in [0.2, 0.25) is 0 Å². The fourth-order valence-corrected chi connectivity index (χ4v) is 3.08. The van der Waals surface area contributed by atoms with Gasteiger partial charge in [0.2, 0.25) is 5.91 Å². The number of hydrogen-bond donors (Lipinski definition) is 2. The maximum atomic E-state index is 12.4. The number of likely N-dealkylation sites (tertiary alicyclic amines) is 1. The Bertz CT molecular complexity index is 590. The molecule has 0 spiro atoms. The zero-order valence-electron chi connectivity index (χ0n) is 13.8. The minimum absolute atomic E-state index is 0. The van der Waals surface area contributed by atoms with Crippen LogP contribution in [0, 0.1) is 0 Å². The number of carbonyl (C=O) groups excluding carboxylic acids is 2. The van der Waals surface area contributed by atoms with Crippen LogP contribution in [0.4, 0.5) is 5.69 Å². The van der Waals surface area contributed by atoms with E-state index in [1.807, 2.05) is 11.8 Å².